The van der Waals surface area contributed by atoms with E-state index < -0.39 is 11.7 Å². The number of hydrogen-bond acceptors (Lipinski definition) is 3. The van der Waals surface area contributed by atoms with Gasteiger partial charge >= 0.3 is 0 Å². The third kappa shape index (κ3) is 2.35. The van der Waals surface area contributed by atoms with Gasteiger partial charge in [-0.2, -0.15) is 5.10 Å². The zero-order valence-corrected chi connectivity index (χ0v) is 12.9. The van der Waals surface area contributed by atoms with Crippen LogP contribution in [0.2, 0.25) is 0 Å². The van der Waals surface area contributed by atoms with Crippen LogP contribution in [0.25, 0.3) is 22.0 Å². The number of halogens is 1. The van der Waals surface area contributed by atoms with Gasteiger partial charge in [0.05, 0.1) is 16.6 Å². The fraction of sp³-hybridized carbons (Fsp3) is 0.125. The molecule has 0 spiro atoms. The molecule has 1 aromatic heterocycles. The molecule has 0 bridgehead atoms. The lowest BCUT2D eigenvalue weighted by molar-refractivity contribution is 0.1000. The van der Waals surface area contributed by atoms with Gasteiger partial charge in [-0.25, -0.2) is 4.39 Å². The minimum absolute atomic E-state index is 0.164. The number of primary amides is 1. The fourth-order valence-electron chi connectivity index (χ4n) is 2.49. The van der Waals surface area contributed by atoms with Crippen molar-refractivity contribution in [1.29, 1.82) is 0 Å². The van der Waals surface area contributed by atoms with Crippen LogP contribution in [0.15, 0.2) is 41.4 Å². The Labute approximate surface area is 131 Å². The van der Waals surface area contributed by atoms with Crippen molar-refractivity contribution in [3.8, 4) is 11.1 Å². The van der Waals surface area contributed by atoms with Gasteiger partial charge in [-0.3, -0.25) is 9.48 Å². The molecular weight excluding hydrogens is 301 g/mol. The molecule has 0 atom stereocenters. The van der Waals surface area contributed by atoms with Crippen LogP contribution in [-0.4, -0.2) is 21.9 Å². The zero-order chi connectivity index (χ0) is 15.9. The van der Waals surface area contributed by atoms with E-state index in [0.717, 1.165) is 16.5 Å². The van der Waals surface area contributed by atoms with Crippen molar-refractivity contribution in [2.75, 3.05) is 6.26 Å². The molecule has 4 nitrogen and oxygen atoms in total. The normalized spacial score (nSPS) is 11.0. The molecule has 0 aliphatic rings. The van der Waals surface area contributed by atoms with Crippen LogP contribution in [-0.2, 0) is 7.05 Å². The second kappa shape index (κ2) is 5.46. The molecule has 3 rings (SSSR count). The number of carbonyl (C=O) groups is 1. The van der Waals surface area contributed by atoms with Crippen LogP contribution in [0.1, 0.15) is 10.4 Å². The van der Waals surface area contributed by atoms with Crippen molar-refractivity contribution in [2.45, 2.75) is 4.90 Å². The van der Waals surface area contributed by atoms with E-state index in [0.29, 0.717) is 10.5 Å². The van der Waals surface area contributed by atoms with Gasteiger partial charge < -0.3 is 5.73 Å². The average Bonchev–Trinajstić information content (AvgIpc) is 2.87. The number of rotatable bonds is 3. The van der Waals surface area contributed by atoms with Gasteiger partial charge in [0.25, 0.3) is 0 Å². The molecule has 0 saturated carbocycles. The maximum atomic E-state index is 14.2. The van der Waals surface area contributed by atoms with E-state index in [-0.39, 0.29) is 5.56 Å². The minimum atomic E-state index is -0.643. The Hall–Kier alpha value is -2.34. The van der Waals surface area contributed by atoms with Crippen LogP contribution in [0.3, 0.4) is 0 Å². The number of nitrogens with two attached hydrogens (primary N) is 1. The molecule has 112 valence electrons. The summed E-state index contributed by atoms with van der Waals surface area (Å²) in [6.45, 7) is 0. The van der Waals surface area contributed by atoms with Crippen molar-refractivity contribution in [1.82, 2.24) is 9.78 Å². The summed E-state index contributed by atoms with van der Waals surface area (Å²) in [4.78, 5) is 11.9. The first kappa shape index (κ1) is 14.6. The van der Waals surface area contributed by atoms with Crippen molar-refractivity contribution >= 4 is 28.6 Å². The number of amides is 1. The Morgan fingerprint density at radius 3 is 2.77 bits per heavy atom. The van der Waals surface area contributed by atoms with Crippen molar-refractivity contribution in [2.24, 2.45) is 12.8 Å². The number of fused-ring (bicyclic) bond motifs is 1. The van der Waals surface area contributed by atoms with Gasteiger partial charge in [-0.15, -0.1) is 11.8 Å². The Morgan fingerprint density at radius 2 is 2.09 bits per heavy atom. The standard InChI is InChI=1S/C16H14FN3OS/c1-20-14-4-3-9(5-11(14)8-19-20)12-6-10(16(18)21)7-13(17)15(12)22-2/h3-8H,1-2H3,(H2,18,21). The summed E-state index contributed by atoms with van der Waals surface area (Å²) in [6, 6.07) is 8.57. The van der Waals surface area contributed by atoms with Crippen LogP contribution >= 0.6 is 11.8 Å². The summed E-state index contributed by atoms with van der Waals surface area (Å²) in [5.74, 6) is -1.08. The summed E-state index contributed by atoms with van der Waals surface area (Å²) in [5.41, 5.74) is 7.92. The molecule has 22 heavy (non-hydrogen) atoms. The molecule has 0 aliphatic carbocycles. The topological polar surface area (TPSA) is 60.9 Å². The van der Waals surface area contributed by atoms with Gasteiger partial charge in [-0.1, -0.05) is 6.07 Å². The molecule has 1 heterocycles. The highest BCUT2D eigenvalue weighted by Gasteiger charge is 2.15. The third-order valence-corrected chi connectivity index (χ3v) is 4.41. The number of benzene rings is 2. The Kier molecular flexibility index (Phi) is 3.62. The smallest absolute Gasteiger partial charge is 0.248 e. The maximum absolute atomic E-state index is 14.2. The van der Waals surface area contributed by atoms with Crippen molar-refractivity contribution < 1.29 is 9.18 Å². The highest BCUT2D eigenvalue weighted by Crippen LogP contribution is 2.35. The number of aromatic nitrogens is 2. The van der Waals surface area contributed by atoms with Crippen LogP contribution in [0.4, 0.5) is 4.39 Å². The predicted octanol–water partition coefficient (Wildman–Crippen LogP) is 3.20. The molecule has 2 N–H and O–H groups in total. The van der Waals surface area contributed by atoms with Gasteiger partial charge in [0.15, 0.2) is 0 Å². The molecule has 0 radical (unpaired) electrons. The molecule has 0 unspecified atom stereocenters. The summed E-state index contributed by atoms with van der Waals surface area (Å²) in [5, 5.41) is 5.16. The first-order valence-corrected chi connectivity index (χ1v) is 7.83. The third-order valence-electron chi connectivity index (χ3n) is 3.59. The Bertz CT molecular complexity index is 888. The van der Waals surface area contributed by atoms with E-state index in [1.807, 2.05) is 25.2 Å². The van der Waals surface area contributed by atoms with Gasteiger partial charge in [0, 0.05) is 18.0 Å². The zero-order valence-electron chi connectivity index (χ0n) is 12.1. The number of hydrogen-bond donors (Lipinski definition) is 1. The molecule has 6 heteroatoms. The number of carbonyl (C=O) groups excluding carboxylic acids is 1. The van der Waals surface area contributed by atoms with Crippen molar-refractivity contribution in [3.63, 3.8) is 0 Å². The largest absolute Gasteiger partial charge is 0.366 e. The second-order valence-corrected chi connectivity index (χ2v) is 5.76. The number of aryl methyl sites for hydroxylation is 1. The van der Waals surface area contributed by atoms with Crippen molar-refractivity contribution in [3.05, 3.63) is 47.9 Å². The van der Waals surface area contributed by atoms with Crippen LogP contribution < -0.4 is 5.73 Å². The molecule has 1 amide bonds. The second-order valence-electron chi connectivity index (χ2n) is 4.94. The molecule has 0 saturated heterocycles. The Morgan fingerprint density at radius 1 is 1.32 bits per heavy atom. The first-order chi connectivity index (χ1) is 10.5. The van der Waals surface area contributed by atoms with Gasteiger partial charge in [0.1, 0.15) is 5.82 Å². The molecule has 3 aromatic rings. The van der Waals surface area contributed by atoms with E-state index in [9.17, 15) is 9.18 Å². The molecule has 0 aliphatic heterocycles. The van der Waals surface area contributed by atoms with E-state index >= 15 is 0 Å². The average molecular weight is 315 g/mol. The predicted molar refractivity (Wildman–Crippen MR) is 86.4 cm³/mol. The highest BCUT2D eigenvalue weighted by atomic mass is 32.2. The lowest BCUT2D eigenvalue weighted by atomic mass is 10.0. The van der Waals surface area contributed by atoms with Crippen LogP contribution in [0.5, 0.6) is 0 Å². The fourth-order valence-corrected chi connectivity index (χ4v) is 3.14. The van der Waals surface area contributed by atoms with Crippen LogP contribution in [0, 0.1) is 5.82 Å². The monoisotopic (exact) mass is 315 g/mol. The molecular formula is C16H14FN3OS. The SMILES string of the molecule is CSc1c(F)cc(C(N)=O)cc1-c1ccc2c(cnn2C)c1. The summed E-state index contributed by atoms with van der Waals surface area (Å²) in [7, 11) is 1.86. The number of nitrogens with zero attached hydrogens (tertiary/aromatic N) is 2. The van der Waals surface area contributed by atoms with Gasteiger partial charge in [-0.05, 0) is 41.6 Å². The Balaban J connectivity index is 2.25. The van der Waals surface area contributed by atoms with Gasteiger partial charge in [0.2, 0.25) is 5.91 Å². The quantitative estimate of drug-likeness (QED) is 0.755. The van der Waals surface area contributed by atoms with E-state index in [2.05, 4.69) is 5.10 Å². The van der Waals surface area contributed by atoms with E-state index in [4.69, 9.17) is 5.73 Å². The maximum Gasteiger partial charge on any atom is 0.248 e. The number of thioether (sulfide) groups is 1. The summed E-state index contributed by atoms with van der Waals surface area (Å²) < 4.78 is 16.0. The molecule has 0 fully saturated rings. The summed E-state index contributed by atoms with van der Waals surface area (Å²) in [6.07, 6.45) is 3.56. The van der Waals surface area contributed by atoms with E-state index in [1.54, 1.807) is 23.2 Å². The minimum Gasteiger partial charge on any atom is -0.366 e. The lowest BCUT2D eigenvalue weighted by Gasteiger charge is -2.11. The first-order valence-electron chi connectivity index (χ1n) is 6.60. The summed E-state index contributed by atoms with van der Waals surface area (Å²) >= 11 is 1.30. The van der Waals surface area contributed by atoms with E-state index in [1.165, 1.54) is 17.8 Å². The molecule has 2 aromatic carbocycles. The highest BCUT2D eigenvalue weighted by molar-refractivity contribution is 7.98. The lowest BCUT2D eigenvalue weighted by Crippen LogP contribution is -2.11.